The molecule has 2 atom stereocenters. The Labute approximate surface area is 226 Å². The minimum atomic E-state index is -4.61. The highest BCUT2D eigenvalue weighted by molar-refractivity contribution is 6.15. The highest BCUT2D eigenvalue weighted by Gasteiger charge is 2.38. The quantitative estimate of drug-likeness (QED) is 0.309. The molecule has 3 aromatic heterocycles. The number of nitrogens with one attached hydrogen (secondary N) is 2. The van der Waals surface area contributed by atoms with Gasteiger partial charge in [0.1, 0.15) is 12.1 Å². The van der Waals surface area contributed by atoms with Crippen molar-refractivity contribution in [1.29, 1.82) is 0 Å². The number of ketones is 1. The third-order valence-corrected chi connectivity index (χ3v) is 7.35. The third kappa shape index (κ3) is 4.95. The molecule has 1 aliphatic carbocycles. The maximum atomic E-state index is 13.8. The van der Waals surface area contributed by atoms with E-state index in [-0.39, 0.29) is 34.6 Å². The Hall–Kier alpha value is -4.16. The van der Waals surface area contributed by atoms with Crippen LogP contribution in [0.1, 0.15) is 57.0 Å². The van der Waals surface area contributed by atoms with E-state index in [9.17, 15) is 27.9 Å². The van der Waals surface area contributed by atoms with Gasteiger partial charge in [0, 0.05) is 54.6 Å². The maximum absolute atomic E-state index is 13.8. The summed E-state index contributed by atoms with van der Waals surface area (Å²) < 4.78 is 41.5. The average Bonchev–Trinajstić information content (AvgIpc) is 3.70. The molecule has 1 aromatic carbocycles. The zero-order valence-corrected chi connectivity index (χ0v) is 21.2. The third-order valence-electron chi connectivity index (χ3n) is 7.35. The summed E-state index contributed by atoms with van der Waals surface area (Å²) in [5.74, 6) is -1.82. The normalized spacial score (nSPS) is 19.5. The molecule has 206 valence electrons. The molecule has 0 bridgehead atoms. The van der Waals surface area contributed by atoms with Crippen molar-refractivity contribution >= 4 is 23.0 Å². The van der Waals surface area contributed by atoms with Crippen molar-refractivity contribution in [2.24, 2.45) is 5.92 Å². The van der Waals surface area contributed by atoms with E-state index < -0.39 is 23.8 Å². The van der Waals surface area contributed by atoms with Crippen molar-refractivity contribution in [2.45, 2.75) is 37.5 Å². The molecular weight excluding hydrogens is 525 g/mol. The Kier molecular flexibility index (Phi) is 6.59. The van der Waals surface area contributed by atoms with Gasteiger partial charge in [-0.05, 0) is 43.0 Å². The number of aliphatic hydroxyl groups excluding tert-OH is 1. The molecule has 2 fully saturated rings. The van der Waals surface area contributed by atoms with E-state index in [0.29, 0.717) is 54.7 Å². The van der Waals surface area contributed by atoms with Crippen LogP contribution in [0.3, 0.4) is 0 Å². The van der Waals surface area contributed by atoms with Crippen LogP contribution in [0.15, 0.2) is 55.4 Å². The summed E-state index contributed by atoms with van der Waals surface area (Å²) >= 11 is 0. The topological polar surface area (TPSA) is 122 Å². The summed E-state index contributed by atoms with van der Waals surface area (Å²) in [6, 6.07) is 4.77. The van der Waals surface area contributed by atoms with Crippen molar-refractivity contribution in [3.05, 3.63) is 77.6 Å². The second kappa shape index (κ2) is 10.1. The Morgan fingerprint density at radius 2 is 1.93 bits per heavy atom. The van der Waals surface area contributed by atoms with Gasteiger partial charge in [-0.25, -0.2) is 9.97 Å². The van der Waals surface area contributed by atoms with Crippen LogP contribution in [0.5, 0.6) is 0 Å². The second-order valence-corrected chi connectivity index (χ2v) is 10.2. The molecule has 12 heteroatoms. The summed E-state index contributed by atoms with van der Waals surface area (Å²) in [4.78, 5) is 40.1. The molecule has 6 rings (SSSR count). The summed E-state index contributed by atoms with van der Waals surface area (Å²) in [7, 11) is 0. The fourth-order valence-electron chi connectivity index (χ4n) is 5.30. The Bertz CT molecular complexity index is 1610. The first-order valence-electron chi connectivity index (χ1n) is 12.9. The van der Waals surface area contributed by atoms with Gasteiger partial charge in [0.05, 0.1) is 34.6 Å². The van der Waals surface area contributed by atoms with Gasteiger partial charge < -0.3 is 20.1 Å². The number of β-amino-alcohol motifs (C(OH)–C–C–N with tert-alkyl or cyclic N) is 1. The first kappa shape index (κ1) is 26.1. The Balaban J connectivity index is 1.51. The van der Waals surface area contributed by atoms with Crippen molar-refractivity contribution in [3.8, 4) is 11.3 Å². The number of rotatable bonds is 6. The number of fused-ring (bicyclic) bond motifs is 1. The number of hydrogen-bond acceptors (Lipinski definition) is 7. The van der Waals surface area contributed by atoms with E-state index in [4.69, 9.17) is 0 Å². The van der Waals surface area contributed by atoms with Crippen LogP contribution in [-0.4, -0.2) is 55.3 Å². The van der Waals surface area contributed by atoms with Gasteiger partial charge in [-0.3, -0.25) is 14.6 Å². The molecule has 1 amide bonds. The first-order valence-corrected chi connectivity index (χ1v) is 12.9. The lowest BCUT2D eigenvalue weighted by Gasteiger charge is -2.31. The van der Waals surface area contributed by atoms with Crippen molar-refractivity contribution in [3.63, 3.8) is 0 Å². The van der Waals surface area contributed by atoms with Gasteiger partial charge in [0.2, 0.25) is 0 Å². The molecule has 4 heterocycles. The maximum Gasteiger partial charge on any atom is 0.416 e. The lowest BCUT2D eigenvalue weighted by molar-refractivity contribution is -0.137. The van der Waals surface area contributed by atoms with Crippen LogP contribution in [-0.2, 0) is 6.18 Å². The minimum absolute atomic E-state index is 0.0385. The number of Topliss-reactive ketones (excluding diaryl/α,β-unsaturated/α-hetero) is 1. The molecule has 1 saturated carbocycles. The number of aromatic nitrogens is 4. The van der Waals surface area contributed by atoms with Crippen LogP contribution in [0.4, 0.5) is 19.0 Å². The molecule has 1 saturated heterocycles. The van der Waals surface area contributed by atoms with E-state index in [2.05, 4.69) is 25.6 Å². The summed E-state index contributed by atoms with van der Waals surface area (Å²) in [5, 5.41) is 16.1. The average molecular weight is 551 g/mol. The van der Waals surface area contributed by atoms with Gasteiger partial charge in [-0.15, -0.1) is 0 Å². The first-order chi connectivity index (χ1) is 19.2. The van der Waals surface area contributed by atoms with Crippen molar-refractivity contribution < 1.29 is 27.9 Å². The van der Waals surface area contributed by atoms with Crippen LogP contribution >= 0.6 is 0 Å². The number of amides is 1. The summed E-state index contributed by atoms with van der Waals surface area (Å²) in [5.41, 5.74) is 1.77. The van der Waals surface area contributed by atoms with Crippen LogP contribution in [0, 0.1) is 5.92 Å². The molecule has 9 nitrogen and oxygen atoms in total. The van der Waals surface area contributed by atoms with Crippen LogP contribution in [0.2, 0.25) is 0 Å². The standard InChI is InChI=1S/C28H25F3N6O3/c29-28(30,31)17-5-6-34-22(10-17)36-27(40)20-4-3-19(25-21-13-32-7-8-37(21)14-35-25)23(16-9-18(38)12-33-11-16)24(20)26(39)15-1-2-15/h3-8,10,13-16,18,33,38H,1-2,9,11-12H2,(H,34,36,40). The van der Waals surface area contributed by atoms with E-state index >= 15 is 0 Å². The number of carbonyl (C=O) groups is 2. The lowest BCUT2D eigenvalue weighted by atomic mass is 9.79. The van der Waals surface area contributed by atoms with Gasteiger partial charge in [0.15, 0.2) is 5.78 Å². The van der Waals surface area contributed by atoms with E-state index in [1.807, 2.05) is 0 Å². The summed E-state index contributed by atoms with van der Waals surface area (Å²) in [6.07, 6.45) is 4.07. The van der Waals surface area contributed by atoms with E-state index in [1.54, 1.807) is 35.4 Å². The fraction of sp³-hybridized carbons (Fsp3) is 0.321. The molecule has 2 aliphatic rings. The molecule has 0 radical (unpaired) electrons. The Morgan fingerprint density at radius 3 is 2.67 bits per heavy atom. The number of benzene rings is 1. The van der Waals surface area contributed by atoms with Gasteiger partial charge in [-0.2, -0.15) is 13.2 Å². The number of halogens is 3. The van der Waals surface area contributed by atoms with Gasteiger partial charge in [0.25, 0.3) is 5.91 Å². The number of pyridine rings is 1. The van der Waals surface area contributed by atoms with Gasteiger partial charge in [-0.1, -0.05) is 6.07 Å². The van der Waals surface area contributed by atoms with Crippen molar-refractivity contribution in [1.82, 2.24) is 24.7 Å². The molecule has 4 aromatic rings. The number of hydrogen-bond donors (Lipinski definition) is 3. The number of alkyl halides is 3. The van der Waals surface area contributed by atoms with Gasteiger partial charge >= 0.3 is 6.18 Å². The number of carbonyl (C=O) groups excluding carboxylic acids is 2. The smallest absolute Gasteiger partial charge is 0.392 e. The minimum Gasteiger partial charge on any atom is -0.392 e. The lowest BCUT2D eigenvalue weighted by Crippen LogP contribution is -2.39. The molecule has 0 spiro atoms. The predicted octanol–water partition coefficient (Wildman–Crippen LogP) is 4.09. The number of piperidine rings is 1. The van der Waals surface area contributed by atoms with Crippen LogP contribution < -0.4 is 10.6 Å². The van der Waals surface area contributed by atoms with E-state index in [0.717, 1.165) is 18.3 Å². The van der Waals surface area contributed by atoms with Crippen LogP contribution in [0.25, 0.3) is 16.8 Å². The molecule has 40 heavy (non-hydrogen) atoms. The number of aliphatic hydroxyl groups is 1. The predicted molar refractivity (Wildman–Crippen MR) is 139 cm³/mol. The molecule has 1 aliphatic heterocycles. The van der Waals surface area contributed by atoms with E-state index in [1.165, 1.54) is 6.07 Å². The summed E-state index contributed by atoms with van der Waals surface area (Å²) in [6.45, 7) is 0.857. The molecule has 2 unspecified atom stereocenters. The zero-order chi connectivity index (χ0) is 28.0. The molecular formula is C28H25F3N6O3. The van der Waals surface area contributed by atoms with Crippen molar-refractivity contribution in [2.75, 3.05) is 18.4 Å². The second-order valence-electron chi connectivity index (χ2n) is 10.2. The Morgan fingerprint density at radius 1 is 1.10 bits per heavy atom. The highest BCUT2D eigenvalue weighted by atomic mass is 19.4. The number of imidazole rings is 1. The number of nitrogens with zero attached hydrogens (tertiary/aromatic N) is 4. The number of anilines is 1. The molecule has 3 N–H and O–H groups in total. The SMILES string of the molecule is O=C(Nc1cc(C(F)(F)F)ccn1)c1ccc(-c2ncn3ccncc23)c(C2CNCC(O)C2)c1C(=O)C1CC1. The largest absolute Gasteiger partial charge is 0.416 e. The zero-order valence-electron chi connectivity index (χ0n) is 21.2. The fourth-order valence-corrected chi connectivity index (χ4v) is 5.30. The monoisotopic (exact) mass is 550 g/mol. The highest BCUT2D eigenvalue weighted by Crippen LogP contribution is 2.42.